The highest BCUT2D eigenvalue weighted by Gasteiger charge is 2.28. The zero-order valence-corrected chi connectivity index (χ0v) is 15.6. The van der Waals surface area contributed by atoms with Crippen molar-refractivity contribution in [1.82, 2.24) is 15.0 Å². The van der Waals surface area contributed by atoms with E-state index in [2.05, 4.69) is 32.2 Å². The van der Waals surface area contributed by atoms with E-state index in [0.29, 0.717) is 13.2 Å². The lowest BCUT2D eigenvalue weighted by Crippen LogP contribution is -2.37. The molecule has 0 atom stereocenters. The summed E-state index contributed by atoms with van der Waals surface area (Å²) in [5.74, 6) is 2.61. The van der Waals surface area contributed by atoms with Crippen molar-refractivity contribution >= 4 is 29.0 Å². The van der Waals surface area contributed by atoms with Gasteiger partial charge < -0.3 is 19.9 Å². The molecule has 7 nitrogen and oxygen atoms in total. The minimum Gasteiger partial charge on any atom is -0.378 e. The van der Waals surface area contributed by atoms with Crippen molar-refractivity contribution in [2.24, 2.45) is 0 Å². The van der Waals surface area contributed by atoms with Gasteiger partial charge in [0.2, 0.25) is 5.95 Å². The van der Waals surface area contributed by atoms with Crippen LogP contribution in [0.4, 0.5) is 29.0 Å². The summed E-state index contributed by atoms with van der Waals surface area (Å²) in [7, 11) is 0. The average Bonchev–Trinajstić information content (AvgIpc) is 3.20. The molecule has 7 heteroatoms. The minimum atomic E-state index is 0.704. The molecule has 0 saturated carbocycles. The number of nitrogens with zero attached hydrogens (tertiary/aromatic N) is 5. The molecule has 0 unspecified atom stereocenters. The highest BCUT2D eigenvalue weighted by Crippen LogP contribution is 2.38. The fourth-order valence-corrected chi connectivity index (χ4v) is 3.69. The Kier molecular flexibility index (Phi) is 4.50. The van der Waals surface area contributed by atoms with Crippen molar-refractivity contribution in [2.45, 2.75) is 6.42 Å². The number of morpholine rings is 1. The molecule has 0 radical (unpaired) electrons. The molecule has 4 heterocycles. The van der Waals surface area contributed by atoms with E-state index in [9.17, 15) is 0 Å². The van der Waals surface area contributed by atoms with E-state index in [1.54, 1.807) is 0 Å². The van der Waals surface area contributed by atoms with Gasteiger partial charge in [-0.05, 0) is 30.7 Å². The molecule has 3 aromatic rings. The number of hydrogen-bond donors (Lipinski definition) is 1. The lowest BCUT2D eigenvalue weighted by atomic mass is 10.2. The maximum Gasteiger partial charge on any atom is 0.229 e. The molecule has 2 aromatic heterocycles. The first kappa shape index (κ1) is 16.9. The number of nitrogens with one attached hydrogen (secondary N) is 1. The van der Waals surface area contributed by atoms with Crippen LogP contribution in [-0.2, 0) is 11.2 Å². The van der Waals surface area contributed by atoms with Crippen LogP contribution < -0.4 is 15.1 Å². The second kappa shape index (κ2) is 7.44. The van der Waals surface area contributed by atoms with Gasteiger partial charge in [0.15, 0.2) is 0 Å². The molecule has 0 amide bonds. The van der Waals surface area contributed by atoms with E-state index in [0.717, 1.165) is 60.6 Å². The van der Waals surface area contributed by atoms with Crippen molar-refractivity contribution in [1.29, 1.82) is 0 Å². The second-order valence-electron chi connectivity index (χ2n) is 6.87. The number of pyridine rings is 1. The first-order valence-corrected chi connectivity index (χ1v) is 9.62. The third kappa shape index (κ3) is 3.25. The highest BCUT2D eigenvalue weighted by atomic mass is 16.5. The van der Waals surface area contributed by atoms with Gasteiger partial charge in [0.25, 0.3) is 0 Å². The Morgan fingerprint density at radius 3 is 2.46 bits per heavy atom. The molecule has 5 rings (SSSR count). The topological polar surface area (TPSA) is 66.4 Å². The molecule has 0 spiro atoms. The Hall–Kier alpha value is -3.19. The van der Waals surface area contributed by atoms with Gasteiger partial charge in [0.05, 0.1) is 13.2 Å². The monoisotopic (exact) mass is 374 g/mol. The zero-order valence-electron chi connectivity index (χ0n) is 15.6. The fraction of sp³-hybridized carbons (Fsp3) is 0.286. The third-order valence-corrected chi connectivity index (χ3v) is 5.12. The van der Waals surface area contributed by atoms with Crippen molar-refractivity contribution < 1.29 is 4.74 Å². The summed E-state index contributed by atoms with van der Waals surface area (Å²) >= 11 is 0. The zero-order chi connectivity index (χ0) is 18.8. The highest BCUT2D eigenvalue weighted by molar-refractivity contribution is 5.75. The standard InChI is InChI=1S/C21H22N6O/c1-2-4-16(5-3-1)23-19-18-8-11-27(17-6-9-22-10-7-17)20(18)25-21(24-19)26-12-14-28-15-13-26/h1-7,9-10H,8,11-15H2,(H,23,24,25). The summed E-state index contributed by atoms with van der Waals surface area (Å²) in [5.41, 5.74) is 3.28. The molecule has 0 aliphatic carbocycles. The van der Waals surface area contributed by atoms with E-state index in [4.69, 9.17) is 14.7 Å². The largest absolute Gasteiger partial charge is 0.378 e. The van der Waals surface area contributed by atoms with Gasteiger partial charge in [-0.2, -0.15) is 9.97 Å². The van der Waals surface area contributed by atoms with Crippen molar-refractivity contribution in [3.8, 4) is 0 Å². The van der Waals surface area contributed by atoms with E-state index in [-0.39, 0.29) is 0 Å². The molecule has 2 aliphatic heterocycles. The summed E-state index contributed by atoms with van der Waals surface area (Å²) in [6, 6.07) is 14.2. The van der Waals surface area contributed by atoms with E-state index >= 15 is 0 Å². The molecule has 2 aliphatic rings. The summed E-state index contributed by atoms with van der Waals surface area (Å²) < 4.78 is 5.50. The second-order valence-corrected chi connectivity index (χ2v) is 6.87. The van der Waals surface area contributed by atoms with Crippen LogP contribution in [0.15, 0.2) is 54.9 Å². The van der Waals surface area contributed by atoms with E-state index in [1.807, 2.05) is 42.7 Å². The Labute approximate surface area is 164 Å². The number of ether oxygens (including phenoxy) is 1. The fourth-order valence-electron chi connectivity index (χ4n) is 3.69. The average molecular weight is 374 g/mol. The number of aromatic nitrogens is 3. The molecular weight excluding hydrogens is 352 g/mol. The lowest BCUT2D eigenvalue weighted by Gasteiger charge is -2.28. The maximum atomic E-state index is 5.50. The molecule has 1 fully saturated rings. The van der Waals surface area contributed by atoms with Gasteiger partial charge in [-0.15, -0.1) is 0 Å². The summed E-state index contributed by atoms with van der Waals surface area (Å²) in [6.45, 7) is 3.90. The van der Waals surface area contributed by atoms with Crippen LogP contribution >= 0.6 is 0 Å². The van der Waals surface area contributed by atoms with Crippen LogP contribution in [0.1, 0.15) is 5.56 Å². The summed E-state index contributed by atoms with van der Waals surface area (Å²) in [4.78, 5) is 18.5. The van der Waals surface area contributed by atoms with Gasteiger partial charge in [0, 0.05) is 49.0 Å². The van der Waals surface area contributed by atoms with Crippen molar-refractivity contribution in [3.05, 3.63) is 60.4 Å². The molecular formula is C21H22N6O. The van der Waals surface area contributed by atoms with Gasteiger partial charge >= 0.3 is 0 Å². The van der Waals surface area contributed by atoms with Crippen LogP contribution in [0, 0.1) is 0 Å². The Balaban J connectivity index is 1.57. The molecule has 1 aromatic carbocycles. The first-order valence-electron chi connectivity index (χ1n) is 9.62. The van der Waals surface area contributed by atoms with E-state index < -0.39 is 0 Å². The van der Waals surface area contributed by atoms with Gasteiger partial charge in [0.1, 0.15) is 11.6 Å². The Bertz CT molecular complexity index is 944. The predicted octanol–water partition coefficient (Wildman–Crippen LogP) is 3.15. The summed E-state index contributed by atoms with van der Waals surface area (Å²) in [6.07, 6.45) is 4.54. The van der Waals surface area contributed by atoms with Crippen LogP contribution in [0.3, 0.4) is 0 Å². The lowest BCUT2D eigenvalue weighted by molar-refractivity contribution is 0.122. The predicted molar refractivity (Wildman–Crippen MR) is 110 cm³/mol. The Morgan fingerprint density at radius 1 is 0.893 bits per heavy atom. The third-order valence-electron chi connectivity index (χ3n) is 5.12. The van der Waals surface area contributed by atoms with E-state index in [1.165, 1.54) is 0 Å². The van der Waals surface area contributed by atoms with Crippen LogP contribution in [-0.4, -0.2) is 47.8 Å². The number of anilines is 5. The van der Waals surface area contributed by atoms with Gasteiger partial charge in [-0.3, -0.25) is 4.98 Å². The maximum absolute atomic E-state index is 5.50. The molecule has 1 saturated heterocycles. The van der Waals surface area contributed by atoms with Crippen molar-refractivity contribution in [2.75, 3.05) is 48.0 Å². The van der Waals surface area contributed by atoms with Gasteiger partial charge in [-0.25, -0.2) is 0 Å². The van der Waals surface area contributed by atoms with Crippen LogP contribution in [0.5, 0.6) is 0 Å². The number of rotatable bonds is 4. The number of hydrogen-bond acceptors (Lipinski definition) is 7. The minimum absolute atomic E-state index is 0.704. The SMILES string of the molecule is c1ccc(Nc2nc(N3CCOCC3)nc3c2CCN3c2ccncc2)cc1. The molecule has 1 N–H and O–H groups in total. The first-order chi connectivity index (χ1) is 13.9. The number of fused-ring (bicyclic) bond motifs is 1. The van der Waals surface area contributed by atoms with Crippen LogP contribution in [0.2, 0.25) is 0 Å². The Morgan fingerprint density at radius 2 is 1.68 bits per heavy atom. The summed E-state index contributed by atoms with van der Waals surface area (Å²) in [5, 5.41) is 3.51. The quantitative estimate of drug-likeness (QED) is 0.752. The molecule has 28 heavy (non-hydrogen) atoms. The number of benzene rings is 1. The van der Waals surface area contributed by atoms with Crippen molar-refractivity contribution in [3.63, 3.8) is 0 Å². The smallest absolute Gasteiger partial charge is 0.229 e. The normalized spacial score (nSPS) is 16.1. The number of para-hydroxylation sites is 1. The van der Waals surface area contributed by atoms with Crippen LogP contribution in [0.25, 0.3) is 0 Å². The molecule has 0 bridgehead atoms. The molecule has 142 valence electrons. The van der Waals surface area contributed by atoms with Gasteiger partial charge in [-0.1, -0.05) is 18.2 Å².